The van der Waals surface area contributed by atoms with Crippen molar-refractivity contribution in [2.24, 2.45) is 5.92 Å². The van der Waals surface area contributed by atoms with E-state index >= 15 is 0 Å². The number of carbonyl (C=O) groups is 3. The molecule has 2 fully saturated rings. The number of hydrogen-bond donors (Lipinski definition) is 1. The van der Waals surface area contributed by atoms with Gasteiger partial charge in [-0.25, -0.2) is 0 Å². The van der Waals surface area contributed by atoms with E-state index in [0.717, 1.165) is 24.0 Å². The standard InChI is InChI=1S/C27H30Cl3N3O3/c1-17(34)32-11-2-3-21(15-32)27(36)33-12-10-25(22(16-33)20-8-9-23(29)24(30)13-20)31-26(35)19-6-4-18(14-28)5-7-19/h4-9,13,21-22,25H,2-3,10-12,14-16H2,1H3,(H,31,35). The second-order valence-corrected chi connectivity index (χ2v) is 10.6. The minimum atomic E-state index is -0.205. The molecular weight excluding hydrogens is 521 g/mol. The molecule has 0 bridgehead atoms. The fourth-order valence-electron chi connectivity index (χ4n) is 5.13. The van der Waals surface area contributed by atoms with Crippen LogP contribution in [0.1, 0.15) is 53.6 Å². The Bertz CT molecular complexity index is 1120. The smallest absolute Gasteiger partial charge is 0.251 e. The number of alkyl halides is 1. The van der Waals surface area contributed by atoms with Crippen LogP contribution in [-0.4, -0.2) is 59.7 Å². The van der Waals surface area contributed by atoms with Crippen LogP contribution in [-0.2, 0) is 15.5 Å². The summed E-state index contributed by atoms with van der Waals surface area (Å²) in [7, 11) is 0. The van der Waals surface area contributed by atoms with Crippen molar-refractivity contribution in [1.82, 2.24) is 15.1 Å². The van der Waals surface area contributed by atoms with Gasteiger partial charge in [0, 0.05) is 56.5 Å². The lowest BCUT2D eigenvalue weighted by molar-refractivity contribution is -0.141. The Hall–Kier alpha value is -2.28. The highest BCUT2D eigenvalue weighted by molar-refractivity contribution is 6.42. The third kappa shape index (κ3) is 6.16. The molecule has 3 atom stereocenters. The number of amides is 3. The molecule has 0 saturated carbocycles. The first kappa shape index (κ1) is 26.8. The number of benzene rings is 2. The average Bonchev–Trinajstić information content (AvgIpc) is 2.90. The third-order valence-electron chi connectivity index (χ3n) is 7.20. The Morgan fingerprint density at radius 2 is 1.69 bits per heavy atom. The zero-order chi connectivity index (χ0) is 25.8. The SMILES string of the molecule is CC(=O)N1CCCC(C(=O)N2CCC(NC(=O)c3ccc(CCl)cc3)C(c3ccc(Cl)c(Cl)c3)C2)C1. The van der Waals surface area contributed by atoms with Gasteiger partial charge in [-0.05, 0) is 54.7 Å². The summed E-state index contributed by atoms with van der Waals surface area (Å²) < 4.78 is 0. The molecule has 2 heterocycles. The topological polar surface area (TPSA) is 69.7 Å². The van der Waals surface area contributed by atoms with Crippen LogP contribution in [0.15, 0.2) is 42.5 Å². The summed E-state index contributed by atoms with van der Waals surface area (Å²) in [5, 5.41) is 4.07. The lowest BCUT2D eigenvalue weighted by Gasteiger charge is -2.42. The number of rotatable bonds is 5. The van der Waals surface area contributed by atoms with E-state index in [1.54, 1.807) is 30.0 Å². The summed E-state index contributed by atoms with van der Waals surface area (Å²) in [6.07, 6.45) is 2.20. The fraction of sp³-hybridized carbons (Fsp3) is 0.444. The Kier molecular flexibility index (Phi) is 8.81. The molecule has 2 aliphatic heterocycles. The maximum absolute atomic E-state index is 13.5. The van der Waals surface area contributed by atoms with Gasteiger partial charge >= 0.3 is 0 Å². The van der Waals surface area contributed by atoms with Gasteiger partial charge in [-0.1, -0.05) is 41.4 Å². The molecule has 6 nitrogen and oxygen atoms in total. The van der Waals surface area contributed by atoms with Crippen LogP contribution in [0.3, 0.4) is 0 Å². The van der Waals surface area contributed by atoms with Crippen LogP contribution in [0.4, 0.5) is 0 Å². The zero-order valence-electron chi connectivity index (χ0n) is 20.2. The lowest BCUT2D eigenvalue weighted by Crippen LogP contribution is -2.54. The molecule has 2 aromatic rings. The molecule has 2 aliphatic rings. The quantitative estimate of drug-likeness (QED) is 0.526. The number of likely N-dealkylation sites (tertiary alicyclic amines) is 2. The number of carbonyl (C=O) groups excluding carboxylic acids is 3. The Morgan fingerprint density at radius 3 is 2.36 bits per heavy atom. The lowest BCUT2D eigenvalue weighted by atomic mass is 9.84. The summed E-state index contributed by atoms with van der Waals surface area (Å²) in [4.78, 5) is 42.0. The van der Waals surface area contributed by atoms with Crippen molar-refractivity contribution < 1.29 is 14.4 Å². The molecule has 4 rings (SSSR count). The normalized spacial score (nSPS) is 22.3. The van der Waals surface area contributed by atoms with E-state index in [2.05, 4.69) is 5.32 Å². The van der Waals surface area contributed by atoms with Crippen molar-refractivity contribution in [3.8, 4) is 0 Å². The summed E-state index contributed by atoms with van der Waals surface area (Å²) >= 11 is 18.4. The fourth-order valence-corrected chi connectivity index (χ4v) is 5.61. The van der Waals surface area contributed by atoms with Crippen molar-refractivity contribution in [3.63, 3.8) is 0 Å². The van der Waals surface area contributed by atoms with Crippen molar-refractivity contribution >= 4 is 52.5 Å². The Labute approximate surface area is 226 Å². The van der Waals surface area contributed by atoms with Gasteiger partial charge in [0.25, 0.3) is 5.91 Å². The highest BCUT2D eigenvalue weighted by atomic mass is 35.5. The molecule has 9 heteroatoms. The molecule has 2 saturated heterocycles. The molecule has 0 aliphatic carbocycles. The second-order valence-electron chi connectivity index (χ2n) is 9.57. The number of hydrogen-bond acceptors (Lipinski definition) is 3. The van der Waals surface area contributed by atoms with E-state index in [1.165, 1.54) is 0 Å². The second kappa shape index (κ2) is 11.8. The predicted molar refractivity (Wildman–Crippen MR) is 143 cm³/mol. The summed E-state index contributed by atoms with van der Waals surface area (Å²) in [5.41, 5.74) is 2.42. The first-order valence-electron chi connectivity index (χ1n) is 12.2. The summed E-state index contributed by atoms with van der Waals surface area (Å²) in [6, 6.07) is 12.5. The number of nitrogens with zero attached hydrogens (tertiary/aromatic N) is 2. The summed E-state index contributed by atoms with van der Waals surface area (Å²) in [5.74, 6) is -0.0805. The zero-order valence-corrected chi connectivity index (χ0v) is 22.5. The molecule has 3 unspecified atom stereocenters. The molecule has 0 aromatic heterocycles. The van der Waals surface area contributed by atoms with Gasteiger partial charge in [-0.15, -0.1) is 11.6 Å². The van der Waals surface area contributed by atoms with Crippen molar-refractivity contribution in [2.75, 3.05) is 26.2 Å². The Morgan fingerprint density at radius 1 is 0.944 bits per heavy atom. The molecule has 2 aromatic carbocycles. The summed E-state index contributed by atoms with van der Waals surface area (Å²) in [6.45, 7) is 3.68. The van der Waals surface area contributed by atoms with E-state index in [1.807, 2.05) is 29.2 Å². The van der Waals surface area contributed by atoms with Gasteiger partial charge in [0.1, 0.15) is 0 Å². The number of nitrogens with one attached hydrogen (secondary N) is 1. The van der Waals surface area contributed by atoms with E-state index in [0.29, 0.717) is 54.1 Å². The van der Waals surface area contributed by atoms with Crippen LogP contribution in [0, 0.1) is 5.92 Å². The van der Waals surface area contributed by atoms with Gasteiger partial charge in [-0.3, -0.25) is 14.4 Å². The molecule has 0 spiro atoms. The molecule has 1 N–H and O–H groups in total. The molecule has 192 valence electrons. The van der Waals surface area contributed by atoms with E-state index in [4.69, 9.17) is 34.8 Å². The molecular formula is C27H30Cl3N3O3. The molecule has 3 amide bonds. The van der Waals surface area contributed by atoms with Gasteiger partial charge in [-0.2, -0.15) is 0 Å². The van der Waals surface area contributed by atoms with E-state index < -0.39 is 0 Å². The number of halogens is 3. The van der Waals surface area contributed by atoms with Gasteiger partial charge in [0.05, 0.1) is 16.0 Å². The first-order chi connectivity index (χ1) is 17.3. The van der Waals surface area contributed by atoms with Crippen LogP contribution < -0.4 is 5.32 Å². The van der Waals surface area contributed by atoms with E-state index in [9.17, 15) is 14.4 Å². The molecule has 0 radical (unpaired) electrons. The van der Waals surface area contributed by atoms with Crippen LogP contribution in [0.2, 0.25) is 10.0 Å². The van der Waals surface area contributed by atoms with Crippen molar-refractivity contribution in [3.05, 3.63) is 69.2 Å². The number of piperidine rings is 2. The highest BCUT2D eigenvalue weighted by Crippen LogP contribution is 2.33. The predicted octanol–water partition coefficient (Wildman–Crippen LogP) is 5.11. The maximum atomic E-state index is 13.5. The minimum Gasteiger partial charge on any atom is -0.349 e. The highest BCUT2D eigenvalue weighted by Gasteiger charge is 2.37. The van der Waals surface area contributed by atoms with Gasteiger partial charge in [0.2, 0.25) is 11.8 Å². The molecule has 36 heavy (non-hydrogen) atoms. The van der Waals surface area contributed by atoms with Gasteiger partial charge < -0.3 is 15.1 Å². The van der Waals surface area contributed by atoms with Gasteiger partial charge in [0.15, 0.2) is 0 Å². The monoisotopic (exact) mass is 549 g/mol. The first-order valence-corrected chi connectivity index (χ1v) is 13.5. The largest absolute Gasteiger partial charge is 0.349 e. The third-order valence-corrected chi connectivity index (χ3v) is 8.25. The Balaban J connectivity index is 1.53. The van der Waals surface area contributed by atoms with Crippen molar-refractivity contribution in [2.45, 2.75) is 44.0 Å². The van der Waals surface area contributed by atoms with Crippen molar-refractivity contribution in [1.29, 1.82) is 0 Å². The maximum Gasteiger partial charge on any atom is 0.251 e. The van der Waals surface area contributed by atoms with Crippen LogP contribution in [0.25, 0.3) is 0 Å². The average molecular weight is 551 g/mol. The minimum absolute atomic E-state index is 0.00156. The van der Waals surface area contributed by atoms with E-state index in [-0.39, 0.29) is 35.6 Å². The van der Waals surface area contributed by atoms with Crippen LogP contribution >= 0.6 is 34.8 Å². The van der Waals surface area contributed by atoms with Crippen LogP contribution in [0.5, 0.6) is 0 Å².